The first-order valence-corrected chi connectivity index (χ1v) is 9.99. The van der Waals surface area contributed by atoms with Crippen molar-refractivity contribution < 1.29 is 14.5 Å². The van der Waals surface area contributed by atoms with E-state index in [2.05, 4.69) is 20.7 Å². The molecule has 0 bridgehead atoms. The zero-order chi connectivity index (χ0) is 23.0. The maximum atomic E-state index is 12.4. The molecule has 4 aromatic rings. The maximum absolute atomic E-state index is 12.4. The minimum atomic E-state index is -0.496. The third kappa shape index (κ3) is 5.67. The number of hydrogen-bond acceptors (Lipinski definition) is 6. The van der Waals surface area contributed by atoms with Crippen molar-refractivity contribution in [1.29, 1.82) is 0 Å². The molecule has 164 valence electrons. The highest BCUT2D eigenvalue weighted by atomic mass is 16.6. The van der Waals surface area contributed by atoms with Crippen molar-refractivity contribution >= 4 is 17.8 Å². The Morgan fingerprint density at radius 3 is 2.70 bits per heavy atom. The smallest absolute Gasteiger partial charge is 0.289 e. The first-order valence-electron chi connectivity index (χ1n) is 9.99. The van der Waals surface area contributed by atoms with Crippen LogP contribution in [0.4, 0.5) is 5.69 Å². The van der Waals surface area contributed by atoms with Crippen molar-refractivity contribution in [1.82, 2.24) is 15.6 Å². The van der Waals surface area contributed by atoms with Crippen molar-refractivity contribution in [2.24, 2.45) is 5.10 Å². The molecule has 0 aliphatic heterocycles. The molecule has 0 aliphatic rings. The second-order valence-electron chi connectivity index (χ2n) is 7.02. The number of carbonyl (C=O) groups excluding carboxylic acids is 1. The van der Waals surface area contributed by atoms with Gasteiger partial charge in [-0.2, -0.15) is 10.2 Å². The summed E-state index contributed by atoms with van der Waals surface area (Å²) in [7, 11) is 0. The van der Waals surface area contributed by atoms with E-state index < -0.39 is 10.8 Å². The van der Waals surface area contributed by atoms with Crippen LogP contribution in [0, 0.1) is 10.1 Å². The zero-order valence-corrected chi connectivity index (χ0v) is 17.3. The normalized spacial score (nSPS) is 10.8. The number of nitrogens with one attached hydrogen (secondary N) is 2. The minimum Gasteiger partial charge on any atom is -0.489 e. The largest absolute Gasteiger partial charge is 0.489 e. The van der Waals surface area contributed by atoms with E-state index in [4.69, 9.17) is 4.74 Å². The van der Waals surface area contributed by atoms with Gasteiger partial charge in [0.05, 0.1) is 16.8 Å². The van der Waals surface area contributed by atoms with Crippen LogP contribution in [0.25, 0.3) is 11.3 Å². The summed E-state index contributed by atoms with van der Waals surface area (Å²) in [5.41, 5.74) is 5.45. The van der Waals surface area contributed by atoms with Gasteiger partial charge in [0.2, 0.25) is 0 Å². The molecule has 4 rings (SSSR count). The van der Waals surface area contributed by atoms with Crippen molar-refractivity contribution in [3.8, 4) is 17.0 Å². The van der Waals surface area contributed by atoms with Crippen molar-refractivity contribution in [3.63, 3.8) is 0 Å². The summed E-state index contributed by atoms with van der Waals surface area (Å²) in [5, 5.41) is 21.6. The fourth-order valence-corrected chi connectivity index (χ4v) is 3.02. The number of hydrogen-bond donors (Lipinski definition) is 2. The Labute approximate surface area is 188 Å². The molecule has 33 heavy (non-hydrogen) atoms. The molecule has 0 radical (unpaired) electrons. The molecule has 3 aromatic carbocycles. The highest BCUT2D eigenvalue weighted by Crippen LogP contribution is 2.23. The number of aromatic nitrogens is 2. The summed E-state index contributed by atoms with van der Waals surface area (Å²) < 4.78 is 5.85. The average molecular weight is 441 g/mol. The summed E-state index contributed by atoms with van der Waals surface area (Å²) in [4.78, 5) is 22.7. The Morgan fingerprint density at radius 2 is 1.88 bits per heavy atom. The summed E-state index contributed by atoms with van der Waals surface area (Å²) in [6, 6.07) is 24.8. The Bertz CT molecular complexity index is 1300. The van der Waals surface area contributed by atoms with E-state index in [0.717, 1.165) is 11.1 Å². The van der Waals surface area contributed by atoms with E-state index in [0.29, 0.717) is 23.6 Å². The van der Waals surface area contributed by atoms with E-state index >= 15 is 0 Å². The van der Waals surface area contributed by atoms with Gasteiger partial charge in [0.15, 0.2) is 0 Å². The van der Waals surface area contributed by atoms with E-state index in [-0.39, 0.29) is 11.4 Å². The van der Waals surface area contributed by atoms with Gasteiger partial charge in [-0.3, -0.25) is 20.0 Å². The second-order valence-corrected chi connectivity index (χ2v) is 7.02. The lowest BCUT2D eigenvalue weighted by molar-refractivity contribution is -0.384. The standard InChI is InChI=1S/C24H19N5O4/c30-24(28-25-15-18-8-4-10-20(12-18)29(31)32)23-14-22(26-27-23)19-9-5-11-21(13-19)33-16-17-6-2-1-3-7-17/h1-15H,16H2,(H,26,27)(H,28,30)/b25-15-. The molecule has 1 aromatic heterocycles. The summed E-state index contributed by atoms with van der Waals surface area (Å²) in [6.45, 7) is 0.446. The van der Waals surface area contributed by atoms with Gasteiger partial charge in [-0.05, 0) is 23.8 Å². The lowest BCUT2D eigenvalue weighted by Gasteiger charge is -2.07. The minimum absolute atomic E-state index is 0.0570. The molecule has 1 heterocycles. The van der Waals surface area contributed by atoms with Gasteiger partial charge in [-0.1, -0.05) is 54.6 Å². The van der Waals surface area contributed by atoms with Crippen LogP contribution >= 0.6 is 0 Å². The van der Waals surface area contributed by atoms with Gasteiger partial charge in [-0.25, -0.2) is 5.43 Å². The van der Waals surface area contributed by atoms with Gasteiger partial charge >= 0.3 is 0 Å². The van der Waals surface area contributed by atoms with Crippen LogP contribution < -0.4 is 10.2 Å². The zero-order valence-electron chi connectivity index (χ0n) is 17.3. The van der Waals surface area contributed by atoms with E-state index in [1.54, 1.807) is 18.2 Å². The summed E-state index contributed by atoms with van der Waals surface area (Å²) in [5.74, 6) is 0.193. The molecular formula is C24H19N5O4. The fraction of sp³-hybridized carbons (Fsp3) is 0.0417. The molecule has 0 saturated heterocycles. The Kier molecular flexibility index (Phi) is 6.51. The number of nitro groups is 1. The monoisotopic (exact) mass is 441 g/mol. The Morgan fingerprint density at radius 1 is 1.06 bits per heavy atom. The van der Waals surface area contributed by atoms with Crippen molar-refractivity contribution in [2.45, 2.75) is 6.61 Å². The summed E-state index contributed by atoms with van der Waals surface area (Å²) in [6.07, 6.45) is 1.33. The second kappa shape index (κ2) is 10.0. The number of benzene rings is 3. The molecular weight excluding hydrogens is 422 g/mol. The van der Waals surface area contributed by atoms with E-state index in [1.807, 2.05) is 54.6 Å². The SMILES string of the molecule is O=C(N/N=C\c1cccc([N+](=O)[O-])c1)c1cc(-c2cccc(OCc3ccccc3)c2)n[nH]1. The third-order valence-corrected chi connectivity index (χ3v) is 4.66. The lowest BCUT2D eigenvalue weighted by atomic mass is 10.1. The highest BCUT2D eigenvalue weighted by Gasteiger charge is 2.11. The molecule has 0 fully saturated rings. The quantitative estimate of drug-likeness (QED) is 0.239. The Balaban J connectivity index is 1.38. The van der Waals surface area contributed by atoms with Gasteiger partial charge < -0.3 is 4.74 Å². The molecule has 0 spiro atoms. The first-order chi connectivity index (χ1) is 16.1. The lowest BCUT2D eigenvalue weighted by Crippen LogP contribution is -2.18. The molecule has 9 nitrogen and oxygen atoms in total. The number of non-ortho nitro benzene ring substituents is 1. The van der Waals surface area contributed by atoms with Gasteiger partial charge in [0, 0.05) is 23.3 Å². The molecule has 0 unspecified atom stereocenters. The molecule has 2 N–H and O–H groups in total. The molecule has 0 saturated carbocycles. The number of carbonyl (C=O) groups is 1. The van der Waals surface area contributed by atoms with Crippen LogP contribution in [-0.2, 0) is 6.61 Å². The highest BCUT2D eigenvalue weighted by molar-refractivity contribution is 5.94. The number of nitrogens with zero attached hydrogens (tertiary/aromatic N) is 3. The van der Waals surface area contributed by atoms with Crippen LogP contribution in [0.5, 0.6) is 5.75 Å². The molecule has 9 heteroatoms. The van der Waals surface area contributed by atoms with Gasteiger partial charge in [0.25, 0.3) is 11.6 Å². The van der Waals surface area contributed by atoms with E-state index in [1.165, 1.54) is 18.3 Å². The third-order valence-electron chi connectivity index (χ3n) is 4.66. The van der Waals surface area contributed by atoms with Crippen LogP contribution in [0.15, 0.2) is 90.0 Å². The fourth-order valence-electron chi connectivity index (χ4n) is 3.02. The summed E-state index contributed by atoms with van der Waals surface area (Å²) >= 11 is 0. The number of amides is 1. The number of ether oxygens (including phenoxy) is 1. The average Bonchev–Trinajstić information content (AvgIpc) is 3.34. The van der Waals surface area contributed by atoms with Crippen molar-refractivity contribution in [2.75, 3.05) is 0 Å². The topological polar surface area (TPSA) is 123 Å². The predicted molar refractivity (Wildman–Crippen MR) is 123 cm³/mol. The van der Waals surface area contributed by atoms with Crippen LogP contribution in [0.3, 0.4) is 0 Å². The number of H-pyrrole nitrogens is 1. The number of rotatable bonds is 8. The predicted octanol–water partition coefficient (Wildman–Crippen LogP) is 4.33. The van der Waals surface area contributed by atoms with Gasteiger partial charge in [-0.15, -0.1) is 0 Å². The maximum Gasteiger partial charge on any atom is 0.289 e. The number of nitro benzene ring substituents is 1. The number of hydrazone groups is 1. The van der Waals surface area contributed by atoms with Crippen LogP contribution in [0.1, 0.15) is 21.6 Å². The molecule has 1 amide bonds. The van der Waals surface area contributed by atoms with Gasteiger partial charge in [0.1, 0.15) is 18.1 Å². The molecule has 0 aliphatic carbocycles. The van der Waals surface area contributed by atoms with Crippen LogP contribution in [-0.4, -0.2) is 27.2 Å². The molecule has 0 atom stereocenters. The van der Waals surface area contributed by atoms with Crippen LogP contribution in [0.2, 0.25) is 0 Å². The Hall–Kier alpha value is -4.79. The van der Waals surface area contributed by atoms with Crippen molar-refractivity contribution in [3.05, 3.63) is 112 Å². The van der Waals surface area contributed by atoms with E-state index in [9.17, 15) is 14.9 Å². The first kappa shape index (κ1) is 21.4. The number of aromatic amines is 1.